The second-order valence-electron chi connectivity index (χ2n) is 5.14. The molecule has 0 unspecified atom stereocenters. The van der Waals surface area contributed by atoms with Gasteiger partial charge in [-0.25, -0.2) is 4.79 Å². The van der Waals surface area contributed by atoms with Crippen molar-refractivity contribution in [3.8, 4) is 0 Å². The van der Waals surface area contributed by atoms with Crippen molar-refractivity contribution in [2.45, 2.75) is 23.5 Å². The third-order valence-corrected chi connectivity index (χ3v) is 5.35. The molecule has 0 aliphatic heterocycles. The molecule has 2 aromatic carbocycles. The average Bonchev–Trinajstić information content (AvgIpc) is 2.62. The Morgan fingerprint density at radius 2 is 1.84 bits per heavy atom. The fourth-order valence-electron chi connectivity index (χ4n) is 2.09. The molecule has 1 amide bonds. The monoisotopic (exact) mass is 397 g/mol. The molecule has 0 aromatic heterocycles. The highest BCUT2D eigenvalue weighted by molar-refractivity contribution is 8.00. The Kier molecular flexibility index (Phi) is 7.17. The first kappa shape index (κ1) is 19.6. The number of halogens is 2. The maximum Gasteiger partial charge on any atom is 0.339 e. The number of anilines is 1. The molecule has 2 rings (SSSR count). The molecule has 0 fully saturated rings. The summed E-state index contributed by atoms with van der Waals surface area (Å²) in [6, 6.07) is 12.0. The third kappa shape index (κ3) is 5.39. The molecule has 2 aromatic rings. The van der Waals surface area contributed by atoms with Gasteiger partial charge in [0.25, 0.3) is 0 Å². The van der Waals surface area contributed by atoms with Crippen LogP contribution in [0.15, 0.2) is 47.4 Å². The predicted octanol–water partition coefficient (Wildman–Crippen LogP) is 5.29. The molecule has 0 spiro atoms. The van der Waals surface area contributed by atoms with Gasteiger partial charge in [-0.05, 0) is 48.9 Å². The minimum atomic E-state index is -0.552. The lowest BCUT2D eigenvalue weighted by Crippen LogP contribution is -2.24. The summed E-state index contributed by atoms with van der Waals surface area (Å²) in [6.45, 7) is 1.94. The Labute approximate surface area is 160 Å². The number of rotatable bonds is 6. The van der Waals surface area contributed by atoms with Gasteiger partial charge in [-0.1, -0.05) is 30.1 Å². The van der Waals surface area contributed by atoms with Crippen LogP contribution in [0.4, 0.5) is 5.69 Å². The largest absolute Gasteiger partial charge is 0.465 e. The summed E-state index contributed by atoms with van der Waals surface area (Å²) in [4.78, 5) is 25.2. The maximum absolute atomic E-state index is 12.5. The van der Waals surface area contributed by atoms with E-state index in [1.807, 2.05) is 19.1 Å². The highest BCUT2D eigenvalue weighted by Crippen LogP contribution is 2.28. The van der Waals surface area contributed by atoms with Gasteiger partial charge in [0.15, 0.2) is 0 Å². The summed E-state index contributed by atoms with van der Waals surface area (Å²) in [5, 5.41) is 3.46. The van der Waals surface area contributed by atoms with Gasteiger partial charge in [-0.2, -0.15) is 0 Å². The number of ether oxygens (including phenoxy) is 1. The van der Waals surface area contributed by atoms with Crippen LogP contribution in [0.1, 0.15) is 23.7 Å². The number of esters is 1. The molecule has 0 aliphatic rings. The van der Waals surface area contributed by atoms with Crippen LogP contribution in [0.25, 0.3) is 0 Å². The Bertz CT molecular complexity index is 765. The molecule has 0 saturated heterocycles. The minimum absolute atomic E-state index is 0.152. The number of hydrogen-bond acceptors (Lipinski definition) is 4. The van der Waals surface area contributed by atoms with E-state index in [9.17, 15) is 9.59 Å². The smallest absolute Gasteiger partial charge is 0.339 e. The van der Waals surface area contributed by atoms with Crippen molar-refractivity contribution in [3.05, 3.63) is 58.1 Å². The second kappa shape index (κ2) is 9.13. The molecular weight excluding hydrogens is 381 g/mol. The first-order valence-electron chi connectivity index (χ1n) is 7.55. The number of methoxy groups -OCH3 is 1. The molecule has 0 aliphatic carbocycles. The number of amides is 1. The van der Waals surface area contributed by atoms with E-state index in [0.29, 0.717) is 17.1 Å². The van der Waals surface area contributed by atoms with Crippen molar-refractivity contribution in [2.75, 3.05) is 12.4 Å². The van der Waals surface area contributed by atoms with Crippen LogP contribution in [0.5, 0.6) is 0 Å². The fraction of sp³-hybridized carbons (Fsp3) is 0.222. The van der Waals surface area contributed by atoms with Gasteiger partial charge in [0.1, 0.15) is 0 Å². The number of carbonyl (C=O) groups is 2. The summed E-state index contributed by atoms with van der Waals surface area (Å²) < 4.78 is 4.68. The van der Waals surface area contributed by atoms with Crippen LogP contribution in [-0.4, -0.2) is 24.2 Å². The van der Waals surface area contributed by atoms with Gasteiger partial charge in [0, 0.05) is 15.6 Å². The molecule has 0 bridgehead atoms. The van der Waals surface area contributed by atoms with E-state index >= 15 is 0 Å². The summed E-state index contributed by atoms with van der Waals surface area (Å²) in [7, 11) is 1.28. The third-order valence-electron chi connectivity index (χ3n) is 3.39. The maximum atomic E-state index is 12.5. The molecular formula is C18H17Cl2NO3S. The van der Waals surface area contributed by atoms with Gasteiger partial charge < -0.3 is 10.1 Å². The lowest BCUT2D eigenvalue weighted by Gasteiger charge is -2.15. The van der Waals surface area contributed by atoms with Crippen molar-refractivity contribution >= 4 is 52.5 Å². The average molecular weight is 398 g/mol. The zero-order valence-electron chi connectivity index (χ0n) is 13.7. The predicted molar refractivity (Wildman–Crippen MR) is 103 cm³/mol. The van der Waals surface area contributed by atoms with Gasteiger partial charge in [0.05, 0.1) is 22.9 Å². The molecule has 1 atom stereocenters. The molecule has 25 heavy (non-hydrogen) atoms. The van der Waals surface area contributed by atoms with E-state index in [-0.39, 0.29) is 21.7 Å². The summed E-state index contributed by atoms with van der Waals surface area (Å²) in [5.41, 5.74) is 0.699. The molecule has 0 heterocycles. The first-order valence-corrected chi connectivity index (χ1v) is 9.19. The SMILES string of the molecule is CC[C@H](Sc1ccc(Cl)cc1)C(=O)Nc1ccc(Cl)c(C(=O)OC)c1. The van der Waals surface area contributed by atoms with Crippen LogP contribution in [0, 0.1) is 0 Å². The Morgan fingerprint density at radius 1 is 1.16 bits per heavy atom. The molecule has 7 heteroatoms. The number of hydrogen-bond donors (Lipinski definition) is 1. The molecule has 132 valence electrons. The summed E-state index contributed by atoms with van der Waals surface area (Å²) >= 11 is 13.3. The number of thioether (sulfide) groups is 1. The fourth-order valence-corrected chi connectivity index (χ4v) is 3.37. The van der Waals surface area contributed by atoms with Crippen molar-refractivity contribution in [1.29, 1.82) is 0 Å². The van der Waals surface area contributed by atoms with Crippen molar-refractivity contribution in [1.82, 2.24) is 0 Å². The Morgan fingerprint density at radius 3 is 2.44 bits per heavy atom. The van der Waals surface area contributed by atoms with Crippen LogP contribution in [0.2, 0.25) is 10.0 Å². The lowest BCUT2D eigenvalue weighted by atomic mass is 10.2. The quantitative estimate of drug-likeness (QED) is 0.531. The Hall–Kier alpha value is -1.69. The zero-order chi connectivity index (χ0) is 18.4. The van der Waals surface area contributed by atoms with E-state index in [1.165, 1.54) is 24.9 Å². The van der Waals surface area contributed by atoms with Crippen molar-refractivity contribution < 1.29 is 14.3 Å². The number of nitrogens with one attached hydrogen (secondary N) is 1. The summed E-state index contributed by atoms with van der Waals surface area (Å²) in [6.07, 6.45) is 0.649. The topological polar surface area (TPSA) is 55.4 Å². The molecule has 0 radical (unpaired) electrons. The van der Waals surface area contributed by atoms with Gasteiger partial charge in [-0.3, -0.25) is 4.79 Å². The van der Waals surface area contributed by atoms with Crippen molar-refractivity contribution in [2.24, 2.45) is 0 Å². The molecule has 0 saturated carbocycles. The van der Waals surface area contributed by atoms with Gasteiger partial charge in [0.2, 0.25) is 5.91 Å². The molecule has 1 N–H and O–H groups in total. The van der Waals surface area contributed by atoms with E-state index in [1.54, 1.807) is 24.3 Å². The number of carbonyl (C=O) groups excluding carboxylic acids is 2. The minimum Gasteiger partial charge on any atom is -0.465 e. The Balaban J connectivity index is 2.11. The van der Waals surface area contributed by atoms with Crippen LogP contribution in [-0.2, 0) is 9.53 Å². The first-order chi connectivity index (χ1) is 11.9. The highest BCUT2D eigenvalue weighted by atomic mass is 35.5. The van der Waals surface area contributed by atoms with Gasteiger partial charge in [-0.15, -0.1) is 11.8 Å². The van der Waals surface area contributed by atoms with Gasteiger partial charge >= 0.3 is 5.97 Å². The normalized spacial score (nSPS) is 11.7. The summed E-state index contributed by atoms with van der Waals surface area (Å²) in [5.74, 6) is -0.704. The van der Waals surface area contributed by atoms with E-state index < -0.39 is 5.97 Å². The second-order valence-corrected chi connectivity index (χ2v) is 7.26. The zero-order valence-corrected chi connectivity index (χ0v) is 16.0. The van der Waals surface area contributed by atoms with Crippen LogP contribution >= 0.6 is 35.0 Å². The van der Waals surface area contributed by atoms with Crippen LogP contribution in [0.3, 0.4) is 0 Å². The standard InChI is InChI=1S/C18H17Cl2NO3S/c1-3-16(25-13-7-4-11(19)5-8-13)17(22)21-12-6-9-15(20)14(10-12)18(23)24-2/h4-10,16H,3H2,1-2H3,(H,21,22)/t16-/m0/s1. The van der Waals surface area contributed by atoms with Crippen molar-refractivity contribution in [3.63, 3.8) is 0 Å². The molecule has 4 nitrogen and oxygen atoms in total. The van der Waals surface area contributed by atoms with E-state index in [0.717, 1.165) is 4.90 Å². The lowest BCUT2D eigenvalue weighted by molar-refractivity contribution is -0.115. The van der Waals surface area contributed by atoms with Crippen LogP contribution < -0.4 is 5.32 Å². The van der Waals surface area contributed by atoms with E-state index in [4.69, 9.17) is 23.2 Å². The number of benzene rings is 2. The van der Waals surface area contributed by atoms with E-state index in [2.05, 4.69) is 10.1 Å². The highest BCUT2D eigenvalue weighted by Gasteiger charge is 2.19.